The number of fused-ring (bicyclic) bond motifs is 1. The molecule has 1 saturated carbocycles. The third kappa shape index (κ3) is 2.67. The first-order chi connectivity index (χ1) is 11.2. The molecule has 1 aromatic carbocycles. The molecule has 23 heavy (non-hydrogen) atoms. The predicted octanol–water partition coefficient (Wildman–Crippen LogP) is 4.91. The van der Waals surface area contributed by atoms with Crippen LogP contribution in [0.15, 0.2) is 18.2 Å². The molecule has 0 aromatic heterocycles. The van der Waals surface area contributed by atoms with Crippen molar-refractivity contribution in [2.75, 3.05) is 19.0 Å². The van der Waals surface area contributed by atoms with E-state index in [-0.39, 0.29) is 0 Å². The van der Waals surface area contributed by atoms with Gasteiger partial charge in [-0.05, 0) is 73.1 Å². The minimum absolute atomic E-state index is 0.341. The third-order valence-electron chi connectivity index (χ3n) is 6.29. The zero-order valence-electron chi connectivity index (χ0n) is 13.6. The summed E-state index contributed by atoms with van der Waals surface area (Å²) in [4.78, 5) is 0. The Morgan fingerprint density at radius 1 is 1.26 bits per heavy atom. The second-order valence-corrected chi connectivity index (χ2v) is 8.18. The van der Waals surface area contributed by atoms with Crippen molar-refractivity contribution >= 4 is 23.4 Å². The predicted molar refractivity (Wildman–Crippen MR) is 95.6 cm³/mol. The summed E-state index contributed by atoms with van der Waals surface area (Å²) in [6.45, 7) is 1.72. The van der Waals surface area contributed by atoms with E-state index in [0.717, 1.165) is 25.1 Å². The van der Waals surface area contributed by atoms with Crippen molar-refractivity contribution in [1.82, 2.24) is 4.42 Å². The minimum atomic E-state index is 0.341. The van der Waals surface area contributed by atoms with E-state index in [1.807, 2.05) is 0 Å². The normalized spacial score (nSPS) is 33.0. The number of benzene rings is 1. The van der Waals surface area contributed by atoms with Gasteiger partial charge in [0.05, 0.1) is 6.61 Å². The summed E-state index contributed by atoms with van der Waals surface area (Å²) in [5.74, 6) is 2.39. The molecule has 0 radical (unpaired) electrons. The molecule has 2 fully saturated rings. The van der Waals surface area contributed by atoms with Crippen LogP contribution in [0.5, 0.6) is 5.75 Å². The molecule has 2 nitrogen and oxygen atoms in total. The molecule has 3 atom stereocenters. The van der Waals surface area contributed by atoms with E-state index in [1.54, 1.807) is 5.56 Å². The largest absolute Gasteiger partial charge is 0.494 e. The van der Waals surface area contributed by atoms with Crippen LogP contribution in [-0.2, 0) is 11.8 Å². The number of piperidine rings is 1. The van der Waals surface area contributed by atoms with Gasteiger partial charge in [0.2, 0.25) is 0 Å². The molecule has 4 rings (SSSR count). The standard InChI is InChI=1S/C19H25Cl2NO/c20-9-3-11-23-15-6-5-14-12-18-16-4-1-2-7-19(16,17(14)13-15)8-10-22(18)21/h5-6,13,16,18H,1-4,7-12H2. The van der Waals surface area contributed by atoms with Crippen LogP contribution in [0, 0.1) is 5.92 Å². The Labute approximate surface area is 149 Å². The zero-order chi connectivity index (χ0) is 15.9. The highest BCUT2D eigenvalue weighted by Crippen LogP contribution is 2.56. The van der Waals surface area contributed by atoms with Crippen LogP contribution in [0.3, 0.4) is 0 Å². The number of nitrogens with zero attached hydrogens (tertiary/aromatic N) is 1. The van der Waals surface area contributed by atoms with Crippen LogP contribution in [-0.4, -0.2) is 29.5 Å². The Hall–Kier alpha value is -0.440. The Morgan fingerprint density at radius 2 is 2.17 bits per heavy atom. The molecule has 3 aliphatic rings. The van der Waals surface area contributed by atoms with Crippen molar-refractivity contribution in [2.24, 2.45) is 5.92 Å². The highest BCUT2D eigenvalue weighted by molar-refractivity contribution is 6.17. The first kappa shape index (κ1) is 16.1. The van der Waals surface area contributed by atoms with Crippen molar-refractivity contribution in [2.45, 2.75) is 56.4 Å². The lowest BCUT2D eigenvalue weighted by atomic mass is 9.53. The summed E-state index contributed by atoms with van der Waals surface area (Å²) in [7, 11) is 0. The maximum Gasteiger partial charge on any atom is 0.119 e. The van der Waals surface area contributed by atoms with Gasteiger partial charge in [0, 0.05) is 23.9 Å². The summed E-state index contributed by atoms with van der Waals surface area (Å²) >= 11 is 12.3. The highest BCUT2D eigenvalue weighted by Gasteiger charge is 2.53. The van der Waals surface area contributed by atoms with E-state index in [0.29, 0.717) is 29.9 Å². The fraction of sp³-hybridized carbons (Fsp3) is 0.684. The second kappa shape index (κ2) is 6.46. The lowest BCUT2D eigenvalue weighted by molar-refractivity contribution is 0.0324. The van der Waals surface area contributed by atoms with Gasteiger partial charge in [-0.3, -0.25) is 0 Å². The van der Waals surface area contributed by atoms with Gasteiger partial charge >= 0.3 is 0 Å². The van der Waals surface area contributed by atoms with E-state index >= 15 is 0 Å². The SMILES string of the molecule is ClCCCOc1ccc2c(c1)C13CCCCC1C(C2)N(Cl)CC3. The minimum Gasteiger partial charge on any atom is -0.494 e. The Balaban J connectivity index is 1.70. The summed E-state index contributed by atoms with van der Waals surface area (Å²) < 4.78 is 8.03. The molecule has 0 spiro atoms. The van der Waals surface area contributed by atoms with Crippen molar-refractivity contribution in [3.05, 3.63) is 29.3 Å². The molecular formula is C19H25Cl2NO. The van der Waals surface area contributed by atoms with E-state index in [2.05, 4.69) is 22.6 Å². The van der Waals surface area contributed by atoms with Gasteiger partial charge in [-0.15, -0.1) is 11.6 Å². The Bertz CT molecular complexity index is 578. The van der Waals surface area contributed by atoms with Crippen molar-refractivity contribution in [3.63, 3.8) is 0 Å². The number of halogens is 2. The molecule has 1 aromatic rings. The van der Waals surface area contributed by atoms with E-state index in [9.17, 15) is 0 Å². The van der Waals surface area contributed by atoms with Crippen LogP contribution < -0.4 is 4.74 Å². The summed E-state index contributed by atoms with van der Waals surface area (Å²) in [5.41, 5.74) is 3.39. The molecule has 1 aliphatic heterocycles. The molecule has 2 aliphatic carbocycles. The van der Waals surface area contributed by atoms with Gasteiger partial charge in [-0.25, -0.2) is 4.42 Å². The topological polar surface area (TPSA) is 12.5 Å². The van der Waals surface area contributed by atoms with E-state index in [1.165, 1.54) is 37.7 Å². The maximum atomic E-state index is 6.58. The number of hydrogen-bond donors (Lipinski definition) is 0. The average molecular weight is 354 g/mol. The summed E-state index contributed by atoms with van der Waals surface area (Å²) in [5, 5.41) is 0. The number of rotatable bonds is 4. The van der Waals surface area contributed by atoms with Gasteiger partial charge in [0.25, 0.3) is 0 Å². The van der Waals surface area contributed by atoms with Crippen LogP contribution >= 0.6 is 23.4 Å². The fourth-order valence-corrected chi connectivity index (χ4v) is 5.67. The van der Waals surface area contributed by atoms with Crippen molar-refractivity contribution < 1.29 is 4.74 Å². The van der Waals surface area contributed by atoms with Gasteiger partial charge < -0.3 is 4.74 Å². The zero-order valence-corrected chi connectivity index (χ0v) is 15.1. The van der Waals surface area contributed by atoms with Gasteiger partial charge in [0.15, 0.2) is 0 Å². The lowest BCUT2D eigenvalue weighted by Crippen LogP contribution is -2.58. The molecule has 3 unspecified atom stereocenters. The molecule has 126 valence electrons. The first-order valence-electron chi connectivity index (χ1n) is 8.99. The maximum absolute atomic E-state index is 6.58. The highest BCUT2D eigenvalue weighted by atomic mass is 35.5. The molecule has 2 bridgehead atoms. The molecule has 1 saturated heterocycles. The fourth-order valence-electron chi connectivity index (χ4n) is 5.27. The number of ether oxygens (including phenoxy) is 1. The van der Waals surface area contributed by atoms with Crippen LogP contribution in [0.4, 0.5) is 0 Å². The van der Waals surface area contributed by atoms with Crippen LogP contribution in [0.25, 0.3) is 0 Å². The average Bonchev–Trinajstić information content (AvgIpc) is 2.59. The van der Waals surface area contributed by atoms with E-state index in [4.69, 9.17) is 28.1 Å². The van der Waals surface area contributed by atoms with Crippen LogP contribution in [0.2, 0.25) is 0 Å². The monoisotopic (exact) mass is 353 g/mol. The third-order valence-corrected chi connectivity index (χ3v) is 6.97. The number of hydrogen-bond acceptors (Lipinski definition) is 2. The Kier molecular flexibility index (Phi) is 4.51. The lowest BCUT2D eigenvalue weighted by Gasteiger charge is -2.57. The smallest absolute Gasteiger partial charge is 0.119 e. The van der Waals surface area contributed by atoms with Crippen molar-refractivity contribution in [1.29, 1.82) is 0 Å². The van der Waals surface area contributed by atoms with Crippen LogP contribution in [0.1, 0.15) is 49.7 Å². The number of alkyl halides is 1. The quantitative estimate of drug-likeness (QED) is 0.433. The second-order valence-electron chi connectivity index (χ2n) is 7.36. The van der Waals surface area contributed by atoms with Crippen molar-refractivity contribution in [3.8, 4) is 5.75 Å². The first-order valence-corrected chi connectivity index (χ1v) is 9.86. The molecule has 0 amide bonds. The Morgan fingerprint density at radius 3 is 3.04 bits per heavy atom. The van der Waals surface area contributed by atoms with Gasteiger partial charge in [0.1, 0.15) is 5.75 Å². The molecule has 4 heteroatoms. The molecule has 0 N–H and O–H groups in total. The molecule has 1 heterocycles. The van der Waals surface area contributed by atoms with Gasteiger partial charge in [-0.1, -0.05) is 18.9 Å². The summed E-state index contributed by atoms with van der Waals surface area (Å²) in [6, 6.07) is 7.26. The molecular weight excluding hydrogens is 329 g/mol. The van der Waals surface area contributed by atoms with E-state index < -0.39 is 0 Å². The summed E-state index contributed by atoms with van der Waals surface area (Å²) in [6.07, 6.45) is 8.53. The van der Waals surface area contributed by atoms with Gasteiger partial charge in [-0.2, -0.15) is 0 Å².